The summed E-state index contributed by atoms with van der Waals surface area (Å²) in [5.74, 6) is -0.812. The number of carbonyl (C=O) groups is 1. The van der Waals surface area contributed by atoms with Crippen LogP contribution < -0.4 is 11.1 Å². The van der Waals surface area contributed by atoms with Crippen molar-refractivity contribution in [1.29, 1.82) is 0 Å². The maximum absolute atomic E-state index is 13.4. The van der Waals surface area contributed by atoms with Gasteiger partial charge in [-0.15, -0.1) is 0 Å². The highest BCUT2D eigenvalue weighted by molar-refractivity contribution is 9.10. The summed E-state index contributed by atoms with van der Waals surface area (Å²) in [7, 11) is 0. The number of rotatable bonds is 4. The Morgan fingerprint density at radius 2 is 1.95 bits per heavy atom. The van der Waals surface area contributed by atoms with Crippen LogP contribution in [0.5, 0.6) is 0 Å². The SMILES string of the molecule is NC(CNC(=O)c1ccc(Br)c(F)c1)c1ccccc1. The molecule has 0 fully saturated rings. The van der Waals surface area contributed by atoms with Gasteiger partial charge in [-0.1, -0.05) is 30.3 Å². The van der Waals surface area contributed by atoms with Gasteiger partial charge in [0.2, 0.25) is 0 Å². The summed E-state index contributed by atoms with van der Waals surface area (Å²) in [5, 5.41) is 2.70. The molecule has 1 amide bonds. The summed E-state index contributed by atoms with van der Waals surface area (Å²) in [4.78, 5) is 11.9. The second kappa shape index (κ2) is 6.63. The van der Waals surface area contributed by atoms with Crippen LogP contribution in [0.1, 0.15) is 22.0 Å². The summed E-state index contributed by atoms with van der Waals surface area (Å²) in [6.07, 6.45) is 0. The van der Waals surface area contributed by atoms with Crippen molar-refractivity contribution < 1.29 is 9.18 Å². The minimum absolute atomic E-state index is 0.269. The average Bonchev–Trinajstić information content (AvgIpc) is 2.48. The van der Waals surface area contributed by atoms with E-state index < -0.39 is 5.82 Å². The number of benzene rings is 2. The molecule has 1 unspecified atom stereocenters. The zero-order valence-electron chi connectivity index (χ0n) is 10.6. The molecule has 2 aromatic carbocycles. The molecule has 0 saturated heterocycles. The molecule has 0 aliphatic rings. The Morgan fingerprint density at radius 1 is 1.25 bits per heavy atom. The van der Waals surface area contributed by atoms with Gasteiger partial charge in [0.15, 0.2) is 0 Å². The highest BCUT2D eigenvalue weighted by Crippen LogP contribution is 2.16. The molecule has 104 valence electrons. The second-order valence-electron chi connectivity index (χ2n) is 4.36. The number of amides is 1. The van der Waals surface area contributed by atoms with Gasteiger partial charge < -0.3 is 11.1 Å². The maximum Gasteiger partial charge on any atom is 0.251 e. The van der Waals surface area contributed by atoms with Crippen LogP contribution in [0.2, 0.25) is 0 Å². The molecule has 0 bridgehead atoms. The molecule has 0 aliphatic carbocycles. The van der Waals surface area contributed by atoms with E-state index >= 15 is 0 Å². The number of hydrogen-bond acceptors (Lipinski definition) is 2. The van der Waals surface area contributed by atoms with Crippen molar-refractivity contribution in [2.24, 2.45) is 5.73 Å². The fourth-order valence-corrected chi connectivity index (χ4v) is 2.01. The Hall–Kier alpha value is -1.72. The third-order valence-corrected chi connectivity index (χ3v) is 3.54. The highest BCUT2D eigenvalue weighted by Gasteiger charge is 2.11. The van der Waals surface area contributed by atoms with E-state index in [0.717, 1.165) is 5.56 Å². The van der Waals surface area contributed by atoms with E-state index in [4.69, 9.17) is 5.73 Å². The van der Waals surface area contributed by atoms with Crippen LogP contribution in [0.25, 0.3) is 0 Å². The number of nitrogens with two attached hydrogens (primary N) is 1. The fraction of sp³-hybridized carbons (Fsp3) is 0.133. The number of hydrogen-bond donors (Lipinski definition) is 2. The van der Waals surface area contributed by atoms with Gasteiger partial charge in [-0.25, -0.2) is 4.39 Å². The Bertz CT molecular complexity index is 604. The van der Waals surface area contributed by atoms with Gasteiger partial charge >= 0.3 is 0 Å². The van der Waals surface area contributed by atoms with Crippen molar-refractivity contribution in [1.82, 2.24) is 5.32 Å². The summed E-state index contributed by atoms with van der Waals surface area (Å²) >= 11 is 3.04. The van der Waals surface area contributed by atoms with Gasteiger partial charge in [0, 0.05) is 18.2 Å². The molecular formula is C15H14BrFN2O. The lowest BCUT2D eigenvalue weighted by atomic mass is 10.1. The maximum atomic E-state index is 13.4. The lowest BCUT2D eigenvalue weighted by Crippen LogP contribution is -2.31. The van der Waals surface area contributed by atoms with Crippen molar-refractivity contribution in [3.8, 4) is 0 Å². The lowest BCUT2D eigenvalue weighted by Gasteiger charge is -2.13. The lowest BCUT2D eigenvalue weighted by molar-refractivity contribution is 0.0950. The van der Waals surface area contributed by atoms with Crippen molar-refractivity contribution in [2.75, 3.05) is 6.54 Å². The van der Waals surface area contributed by atoms with E-state index in [1.807, 2.05) is 30.3 Å². The van der Waals surface area contributed by atoms with Crippen LogP contribution in [0.4, 0.5) is 4.39 Å². The van der Waals surface area contributed by atoms with Gasteiger partial charge in [-0.2, -0.15) is 0 Å². The van der Waals surface area contributed by atoms with Crippen molar-refractivity contribution in [3.05, 3.63) is 69.9 Å². The molecule has 0 aliphatic heterocycles. The Kier molecular flexibility index (Phi) is 4.87. The van der Waals surface area contributed by atoms with Crippen LogP contribution in [-0.2, 0) is 0 Å². The van der Waals surface area contributed by atoms with Gasteiger partial charge in [0.1, 0.15) is 5.82 Å². The predicted molar refractivity (Wildman–Crippen MR) is 79.8 cm³/mol. The topological polar surface area (TPSA) is 55.1 Å². The molecule has 0 heterocycles. The standard InChI is InChI=1S/C15H14BrFN2O/c16-12-7-6-11(8-13(12)17)15(20)19-9-14(18)10-4-2-1-3-5-10/h1-8,14H,9,18H2,(H,19,20). The smallest absolute Gasteiger partial charge is 0.251 e. The fourth-order valence-electron chi connectivity index (χ4n) is 1.76. The summed E-state index contributed by atoms with van der Waals surface area (Å²) in [6.45, 7) is 0.292. The van der Waals surface area contributed by atoms with E-state index in [9.17, 15) is 9.18 Å². The summed E-state index contributed by atoms with van der Waals surface area (Å²) in [5.41, 5.74) is 7.19. The normalized spacial score (nSPS) is 11.9. The second-order valence-corrected chi connectivity index (χ2v) is 5.21. The molecule has 5 heteroatoms. The first-order valence-corrected chi connectivity index (χ1v) is 6.91. The third-order valence-electron chi connectivity index (χ3n) is 2.89. The van der Waals surface area contributed by atoms with E-state index in [0.29, 0.717) is 11.0 Å². The molecule has 3 nitrogen and oxygen atoms in total. The van der Waals surface area contributed by atoms with Crippen LogP contribution in [-0.4, -0.2) is 12.5 Å². The number of halogens is 2. The minimum atomic E-state index is -0.468. The van der Waals surface area contributed by atoms with E-state index in [1.165, 1.54) is 12.1 Å². The molecule has 3 N–H and O–H groups in total. The van der Waals surface area contributed by atoms with Gasteiger partial charge in [-0.05, 0) is 39.7 Å². The predicted octanol–water partition coefficient (Wildman–Crippen LogP) is 3.02. The van der Waals surface area contributed by atoms with E-state index in [1.54, 1.807) is 6.07 Å². The molecule has 20 heavy (non-hydrogen) atoms. The molecule has 2 rings (SSSR count). The molecular weight excluding hydrogens is 323 g/mol. The zero-order valence-corrected chi connectivity index (χ0v) is 12.2. The number of nitrogens with one attached hydrogen (secondary N) is 1. The largest absolute Gasteiger partial charge is 0.350 e. The minimum Gasteiger partial charge on any atom is -0.350 e. The van der Waals surface area contributed by atoms with Gasteiger partial charge in [0.05, 0.1) is 4.47 Å². The first-order valence-electron chi connectivity index (χ1n) is 6.11. The van der Waals surface area contributed by atoms with Crippen molar-refractivity contribution in [2.45, 2.75) is 6.04 Å². The molecule has 0 saturated carbocycles. The van der Waals surface area contributed by atoms with E-state index in [2.05, 4.69) is 21.2 Å². The Morgan fingerprint density at radius 3 is 2.60 bits per heavy atom. The van der Waals surface area contributed by atoms with Crippen molar-refractivity contribution >= 4 is 21.8 Å². The Balaban J connectivity index is 1.97. The molecule has 2 aromatic rings. The number of carbonyl (C=O) groups excluding carboxylic acids is 1. The van der Waals surface area contributed by atoms with Crippen LogP contribution in [0.3, 0.4) is 0 Å². The average molecular weight is 337 g/mol. The summed E-state index contributed by atoms with van der Waals surface area (Å²) in [6, 6.07) is 13.4. The van der Waals surface area contributed by atoms with Gasteiger partial charge in [-0.3, -0.25) is 4.79 Å². The Labute approximate surface area is 125 Å². The van der Waals surface area contributed by atoms with Crippen LogP contribution in [0.15, 0.2) is 53.0 Å². The third kappa shape index (κ3) is 3.65. The first kappa shape index (κ1) is 14.7. The summed E-state index contributed by atoms with van der Waals surface area (Å²) < 4.78 is 13.7. The van der Waals surface area contributed by atoms with Gasteiger partial charge in [0.25, 0.3) is 5.91 Å². The van der Waals surface area contributed by atoms with E-state index in [-0.39, 0.29) is 17.5 Å². The van der Waals surface area contributed by atoms with Crippen molar-refractivity contribution in [3.63, 3.8) is 0 Å². The monoisotopic (exact) mass is 336 g/mol. The first-order chi connectivity index (χ1) is 9.58. The molecule has 1 atom stereocenters. The molecule has 0 radical (unpaired) electrons. The van der Waals surface area contributed by atoms with Crippen LogP contribution in [0, 0.1) is 5.82 Å². The quantitative estimate of drug-likeness (QED) is 0.901. The molecule has 0 spiro atoms. The highest BCUT2D eigenvalue weighted by atomic mass is 79.9. The molecule has 0 aromatic heterocycles. The zero-order chi connectivity index (χ0) is 14.5. The van der Waals surface area contributed by atoms with Crippen LogP contribution >= 0.6 is 15.9 Å².